The van der Waals surface area contributed by atoms with Crippen molar-refractivity contribution in [1.82, 2.24) is 25.1 Å². The number of H-pyrrole nitrogens is 1. The summed E-state index contributed by atoms with van der Waals surface area (Å²) in [5.74, 6) is 0.696. The maximum absolute atomic E-state index is 12.5. The van der Waals surface area contributed by atoms with Gasteiger partial charge in [0.2, 0.25) is 5.88 Å². The quantitative estimate of drug-likeness (QED) is 0.749. The number of aromatic amines is 1. The second kappa shape index (κ2) is 7.10. The number of piperazine rings is 1. The summed E-state index contributed by atoms with van der Waals surface area (Å²) in [6, 6.07) is 6.20. The predicted molar refractivity (Wildman–Crippen MR) is 105 cm³/mol. The molecule has 1 N–H and O–H groups in total. The first-order valence-corrected chi connectivity index (χ1v) is 9.72. The second-order valence-corrected chi connectivity index (χ2v) is 7.32. The number of hydrogen-bond donors (Lipinski definition) is 1. The lowest BCUT2D eigenvalue weighted by Crippen LogP contribution is -2.48. The first-order chi connectivity index (χ1) is 13.8. The third-order valence-corrected chi connectivity index (χ3v) is 5.59. The Labute approximate surface area is 162 Å². The third-order valence-electron chi connectivity index (χ3n) is 5.59. The Morgan fingerprint density at radius 3 is 2.71 bits per heavy atom. The zero-order valence-corrected chi connectivity index (χ0v) is 15.5. The Bertz CT molecular complexity index is 978. The van der Waals surface area contributed by atoms with Crippen molar-refractivity contribution in [3.8, 4) is 5.88 Å². The highest BCUT2D eigenvalue weighted by Crippen LogP contribution is 2.31. The first-order valence-electron chi connectivity index (χ1n) is 9.72. The van der Waals surface area contributed by atoms with E-state index in [4.69, 9.17) is 4.74 Å². The van der Waals surface area contributed by atoms with Crippen molar-refractivity contribution in [3.05, 3.63) is 42.5 Å². The molecule has 0 radical (unpaired) electrons. The van der Waals surface area contributed by atoms with Crippen LogP contribution in [0.2, 0.25) is 0 Å². The van der Waals surface area contributed by atoms with Gasteiger partial charge in [-0.3, -0.25) is 9.89 Å². The minimum atomic E-state index is 0.0245. The zero-order valence-electron chi connectivity index (χ0n) is 15.5. The predicted octanol–water partition coefficient (Wildman–Crippen LogP) is 2.25. The molecule has 28 heavy (non-hydrogen) atoms. The monoisotopic (exact) mass is 378 g/mol. The van der Waals surface area contributed by atoms with Crippen LogP contribution in [0.15, 0.2) is 36.9 Å². The van der Waals surface area contributed by atoms with Crippen LogP contribution in [-0.4, -0.2) is 63.3 Å². The van der Waals surface area contributed by atoms with Crippen LogP contribution in [0.1, 0.15) is 29.6 Å². The van der Waals surface area contributed by atoms with E-state index in [2.05, 4.69) is 37.2 Å². The maximum Gasteiger partial charge on any atom is 0.257 e. The Morgan fingerprint density at radius 1 is 1.14 bits per heavy atom. The molecular formula is C20H22N6O2. The van der Waals surface area contributed by atoms with Crippen LogP contribution in [0.5, 0.6) is 5.88 Å². The van der Waals surface area contributed by atoms with E-state index in [0.29, 0.717) is 24.5 Å². The smallest absolute Gasteiger partial charge is 0.257 e. The molecule has 0 bridgehead atoms. The van der Waals surface area contributed by atoms with Gasteiger partial charge in [-0.15, -0.1) is 0 Å². The molecule has 1 aliphatic heterocycles. The molecular weight excluding hydrogens is 356 g/mol. The molecule has 3 heterocycles. The van der Waals surface area contributed by atoms with Gasteiger partial charge in [0.1, 0.15) is 12.4 Å². The molecule has 3 aromatic rings. The fourth-order valence-corrected chi connectivity index (χ4v) is 3.68. The number of amides is 1. The maximum atomic E-state index is 12.5. The van der Waals surface area contributed by atoms with Gasteiger partial charge in [0.25, 0.3) is 5.91 Å². The highest BCUT2D eigenvalue weighted by Gasteiger charge is 2.24. The summed E-state index contributed by atoms with van der Waals surface area (Å²) in [6.45, 7) is 2.92. The van der Waals surface area contributed by atoms with Crippen LogP contribution >= 0.6 is 0 Å². The van der Waals surface area contributed by atoms with E-state index in [0.717, 1.165) is 42.5 Å². The molecule has 144 valence electrons. The average molecular weight is 378 g/mol. The van der Waals surface area contributed by atoms with Gasteiger partial charge in [-0.1, -0.05) is 0 Å². The van der Waals surface area contributed by atoms with Crippen LogP contribution < -0.4 is 9.64 Å². The number of rotatable bonds is 4. The Morgan fingerprint density at radius 2 is 2.00 bits per heavy atom. The topological polar surface area (TPSA) is 87.2 Å². The van der Waals surface area contributed by atoms with E-state index >= 15 is 0 Å². The Hall–Kier alpha value is -3.16. The number of fused-ring (bicyclic) bond motifs is 1. The number of ether oxygens (including phenoxy) is 1. The third kappa shape index (κ3) is 3.15. The Balaban J connectivity index is 1.32. The molecule has 1 saturated heterocycles. The Kier molecular flexibility index (Phi) is 4.31. The van der Waals surface area contributed by atoms with Crippen molar-refractivity contribution in [2.45, 2.75) is 25.4 Å². The molecule has 1 amide bonds. The lowest BCUT2D eigenvalue weighted by Gasteiger charge is -2.36. The molecule has 5 rings (SSSR count). The molecule has 8 heteroatoms. The fourth-order valence-electron chi connectivity index (χ4n) is 3.68. The molecule has 8 nitrogen and oxygen atoms in total. The number of carbonyl (C=O) groups is 1. The fraction of sp³-hybridized carbons (Fsp3) is 0.400. The van der Waals surface area contributed by atoms with E-state index in [1.165, 1.54) is 6.42 Å². The average Bonchev–Trinajstić information content (AvgIpc) is 3.25. The van der Waals surface area contributed by atoms with Gasteiger partial charge < -0.3 is 14.5 Å². The molecule has 0 spiro atoms. The molecule has 2 aliphatic rings. The van der Waals surface area contributed by atoms with Crippen LogP contribution in [-0.2, 0) is 0 Å². The van der Waals surface area contributed by atoms with Gasteiger partial charge in [-0.25, -0.2) is 9.97 Å². The summed E-state index contributed by atoms with van der Waals surface area (Å²) in [4.78, 5) is 25.4. The van der Waals surface area contributed by atoms with Crippen LogP contribution in [0.4, 0.5) is 5.69 Å². The van der Waals surface area contributed by atoms with Crippen LogP contribution in [0.25, 0.3) is 10.9 Å². The number of nitrogens with zero attached hydrogens (tertiary/aromatic N) is 5. The van der Waals surface area contributed by atoms with Crippen LogP contribution in [0, 0.1) is 0 Å². The molecule has 0 atom stereocenters. The summed E-state index contributed by atoms with van der Waals surface area (Å²) < 4.78 is 6.06. The zero-order chi connectivity index (χ0) is 18.9. The highest BCUT2D eigenvalue weighted by molar-refractivity contribution is 5.94. The minimum Gasteiger partial charge on any atom is -0.474 e. The van der Waals surface area contributed by atoms with Crippen molar-refractivity contribution in [2.24, 2.45) is 0 Å². The van der Waals surface area contributed by atoms with Gasteiger partial charge in [-0.05, 0) is 37.5 Å². The first kappa shape index (κ1) is 17.0. The summed E-state index contributed by atoms with van der Waals surface area (Å²) >= 11 is 0. The molecule has 1 aromatic carbocycles. The van der Waals surface area contributed by atoms with Crippen molar-refractivity contribution >= 4 is 22.5 Å². The van der Waals surface area contributed by atoms with Gasteiger partial charge >= 0.3 is 0 Å². The van der Waals surface area contributed by atoms with Crippen molar-refractivity contribution < 1.29 is 9.53 Å². The lowest BCUT2D eigenvalue weighted by molar-refractivity contribution is 0.0747. The molecule has 2 fully saturated rings. The molecule has 0 unspecified atom stereocenters. The lowest BCUT2D eigenvalue weighted by atomic mass is 9.96. The van der Waals surface area contributed by atoms with E-state index in [-0.39, 0.29) is 12.0 Å². The number of carbonyl (C=O) groups excluding carboxylic acids is 1. The molecule has 2 aromatic heterocycles. The van der Waals surface area contributed by atoms with Crippen molar-refractivity contribution in [2.75, 3.05) is 31.1 Å². The summed E-state index contributed by atoms with van der Waals surface area (Å²) in [6.07, 6.45) is 8.47. The van der Waals surface area contributed by atoms with Gasteiger partial charge in [0.15, 0.2) is 0 Å². The van der Waals surface area contributed by atoms with Crippen molar-refractivity contribution in [1.29, 1.82) is 0 Å². The van der Waals surface area contributed by atoms with Gasteiger partial charge in [0.05, 0.1) is 22.7 Å². The van der Waals surface area contributed by atoms with E-state index < -0.39 is 0 Å². The number of anilines is 1. The van der Waals surface area contributed by atoms with E-state index in [9.17, 15) is 4.79 Å². The SMILES string of the molecule is O=C(c1cn[nH]c1)N1CCN(c2ccc3ncnc(OC4CCC4)c3c2)CC1. The molecule has 1 saturated carbocycles. The number of hydrogen-bond acceptors (Lipinski definition) is 6. The normalized spacial score (nSPS) is 17.6. The summed E-state index contributed by atoms with van der Waals surface area (Å²) in [5, 5.41) is 7.51. The van der Waals surface area contributed by atoms with E-state index in [1.54, 1.807) is 18.7 Å². The number of benzene rings is 1. The van der Waals surface area contributed by atoms with Gasteiger partial charge in [-0.2, -0.15) is 5.10 Å². The van der Waals surface area contributed by atoms with E-state index in [1.807, 2.05) is 11.0 Å². The highest BCUT2D eigenvalue weighted by atomic mass is 16.5. The standard InChI is InChI=1S/C20H22N6O2/c27-20(14-11-23-24-12-14)26-8-6-25(7-9-26)15-4-5-18-17(10-15)19(22-13-21-18)28-16-2-1-3-16/h4-5,10-13,16H,1-3,6-9H2,(H,23,24). The molecule has 1 aliphatic carbocycles. The van der Waals surface area contributed by atoms with Crippen LogP contribution in [0.3, 0.4) is 0 Å². The summed E-state index contributed by atoms with van der Waals surface area (Å²) in [5.41, 5.74) is 2.60. The number of nitrogens with one attached hydrogen (secondary N) is 1. The van der Waals surface area contributed by atoms with Crippen molar-refractivity contribution in [3.63, 3.8) is 0 Å². The minimum absolute atomic E-state index is 0.0245. The second-order valence-electron chi connectivity index (χ2n) is 7.32. The summed E-state index contributed by atoms with van der Waals surface area (Å²) in [7, 11) is 0. The largest absolute Gasteiger partial charge is 0.474 e. The van der Waals surface area contributed by atoms with Gasteiger partial charge in [0, 0.05) is 38.1 Å². The number of aromatic nitrogens is 4.